The Kier molecular flexibility index (Phi) is 3.53. The van der Waals surface area contributed by atoms with Crippen LogP contribution in [0.2, 0.25) is 0 Å². The van der Waals surface area contributed by atoms with Crippen LogP contribution in [-0.2, 0) is 9.53 Å². The minimum absolute atomic E-state index is 0.217. The Morgan fingerprint density at radius 2 is 1.94 bits per heavy atom. The SMILES string of the molecule is CCC1CCC(OC2CCC2)(C(=O)O)CC1. The maximum atomic E-state index is 11.4. The van der Waals surface area contributed by atoms with Gasteiger partial charge >= 0.3 is 5.97 Å². The third kappa shape index (κ3) is 2.24. The zero-order valence-electron chi connectivity index (χ0n) is 10.1. The summed E-state index contributed by atoms with van der Waals surface area (Å²) in [6, 6.07) is 0. The molecule has 2 aliphatic carbocycles. The van der Waals surface area contributed by atoms with Crippen LogP contribution in [0.5, 0.6) is 0 Å². The molecule has 0 aliphatic heterocycles. The summed E-state index contributed by atoms with van der Waals surface area (Å²) in [5.74, 6) is -0.0357. The number of hydrogen-bond acceptors (Lipinski definition) is 2. The summed E-state index contributed by atoms with van der Waals surface area (Å²) in [5, 5.41) is 9.39. The van der Waals surface area contributed by atoms with Gasteiger partial charge in [0.2, 0.25) is 0 Å². The van der Waals surface area contributed by atoms with E-state index >= 15 is 0 Å². The summed E-state index contributed by atoms with van der Waals surface area (Å²) in [6.07, 6.45) is 8.10. The van der Waals surface area contributed by atoms with Crippen molar-refractivity contribution in [3.05, 3.63) is 0 Å². The Hall–Kier alpha value is -0.570. The van der Waals surface area contributed by atoms with Crippen LogP contribution in [0.15, 0.2) is 0 Å². The van der Waals surface area contributed by atoms with E-state index in [1.807, 2.05) is 0 Å². The summed E-state index contributed by atoms with van der Waals surface area (Å²) in [6.45, 7) is 2.19. The number of carbonyl (C=O) groups is 1. The molecular formula is C13H22O3. The molecule has 0 amide bonds. The highest BCUT2D eigenvalue weighted by atomic mass is 16.5. The van der Waals surface area contributed by atoms with E-state index < -0.39 is 11.6 Å². The molecule has 16 heavy (non-hydrogen) atoms. The molecule has 2 aliphatic rings. The standard InChI is InChI=1S/C13H22O3/c1-2-10-6-8-13(9-7-10,12(14)15)16-11-4-3-5-11/h10-11H,2-9H2,1H3,(H,14,15). The minimum Gasteiger partial charge on any atom is -0.479 e. The number of carboxylic acid groups (broad SMARTS) is 1. The van der Waals surface area contributed by atoms with Crippen molar-refractivity contribution in [2.24, 2.45) is 5.92 Å². The monoisotopic (exact) mass is 226 g/mol. The highest BCUT2D eigenvalue weighted by Gasteiger charge is 2.45. The molecule has 2 saturated carbocycles. The van der Waals surface area contributed by atoms with Crippen LogP contribution in [0.4, 0.5) is 0 Å². The van der Waals surface area contributed by atoms with E-state index in [-0.39, 0.29) is 6.10 Å². The summed E-state index contributed by atoms with van der Waals surface area (Å²) in [4.78, 5) is 11.4. The van der Waals surface area contributed by atoms with E-state index in [1.165, 1.54) is 12.8 Å². The summed E-state index contributed by atoms with van der Waals surface area (Å²) in [7, 11) is 0. The van der Waals surface area contributed by atoms with Crippen molar-refractivity contribution in [2.45, 2.75) is 70.0 Å². The molecule has 0 aromatic heterocycles. The number of rotatable bonds is 4. The zero-order valence-corrected chi connectivity index (χ0v) is 10.1. The maximum Gasteiger partial charge on any atom is 0.335 e. The first-order chi connectivity index (χ1) is 7.66. The largest absolute Gasteiger partial charge is 0.479 e. The first-order valence-electron chi connectivity index (χ1n) is 6.57. The number of carboxylic acids is 1. The number of hydrogen-bond donors (Lipinski definition) is 1. The van der Waals surface area contributed by atoms with Gasteiger partial charge in [0.25, 0.3) is 0 Å². The number of aliphatic carboxylic acids is 1. The first kappa shape index (κ1) is 11.9. The zero-order chi connectivity index (χ0) is 11.6. The first-order valence-corrected chi connectivity index (χ1v) is 6.57. The molecule has 2 rings (SSSR count). The molecule has 3 nitrogen and oxygen atoms in total. The lowest BCUT2D eigenvalue weighted by atomic mass is 9.77. The van der Waals surface area contributed by atoms with Crippen molar-refractivity contribution >= 4 is 5.97 Å². The Bertz CT molecular complexity index is 250. The van der Waals surface area contributed by atoms with Crippen LogP contribution in [0.1, 0.15) is 58.3 Å². The molecule has 0 aromatic rings. The van der Waals surface area contributed by atoms with Crippen molar-refractivity contribution < 1.29 is 14.6 Å². The van der Waals surface area contributed by atoms with Gasteiger partial charge in [-0.2, -0.15) is 0 Å². The highest BCUT2D eigenvalue weighted by Crippen LogP contribution is 2.39. The second-order valence-corrected chi connectivity index (χ2v) is 5.32. The molecule has 0 radical (unpaired) electrons. The molecule has 0 saturated heterocycles. The summed E-state index contributed by atoms with van der Waals surface area (Å²) < 4.78 is 5.87. The molecule has 0 unspecified atom stereocenters. The van der Waals surface area contributed by atoms with Crippen molar-refractivity contribution in [1.29, 1.82) is 0 Å². The average Bonchev–Trinajstić information content (AvgIpc) is 2.24. The van der Waals surface area contributed by atoms with Crippen LogP contribution >= 0.6 is 0 Å². The molecule has 0 heterocycles. The van der Waals surface area contributed by atoms with Crippen LogP contribution in [0, 0.1) is 5.92 Å². The Labute approximate surface area is 97.2 Å². The van der Waals surface area contributed by atoms with Gasteiger partial charge in [-0.15, -0.1) is 0 Å². The van der Waals surface area contributed by atoms with Crippen LogP contribution in [0.25, 0.3) is 0 Å². The summed E-state index contributed by atoms with van der Waals surface area (Å²) >= 11 is 0. The van der Waals surface area contributed by atoms with Crippen molar-refractivity contribution in [3.8, 4) is 0 Å². The fourth-order valence-corrected chi connectivity index (χ4v) is 2.74. The van der Waals surface area contributed by atoms with Crippen molar-refractivity contribution in [3.63, 3.8) is 0 Å². The van der Waals surface area contributed by atoms with Crippen molar-refractivity contribution in [2.75, 3.05) is 0 Å². The van der Waals surface area contributed by atoms with E-state index in [1.54, 1.807) is 0 Å². The third-order valence-corrected chi connectivity index (χ3v) is 4.32. The normalized spacial score (nSPS) is 35.7. The molecular weight excluding hydrogens is 204 g/mol. The second-order valence-electron chi connectivity index (χ2n) is 5.32. The molecule has 1 N–H and O–H groups in total. The molecule has 2 fully saturated rings. The van der Waals surface area contributed by atoms with Gasteiger partial charge in [-0.3, -0.25) is 0 Å². The minimum atomic E-state index is -0.850. The van der Waals surface area contributed by atoms with Gasteiger partial charge < -0.3 is 9.84 Å². The Morgan fingerprint density at radius 1 is 1.31 bits per heavy atom. The van der Waals surface area contributed by atoms with E-state index in [4.69, 9.17) is 4.74 Å². The lowest BCUT2D eigenvalue weighted by Gasteiger charge is -2.41. The predicted molar refractivity (Wildman–Crippen MR) is 61.3 cm³/mol. The van der Waals surface area contributed by atoms with E-state index in [0.29, 0.717) is 18.8 Å². The van der Waals surface area contributed by atoms with Crippen LogP contribution in [-0.4, -0.2) is 22.8 Å². The fraction of sp³-hybridized carbons (Fsp3) is 0.923. The van der Waals surface area contributed by atoms with Gasteiger partial charge in [0.1, 0.15) is 0 Å². The van der Waals surface area contributed by atoms with Crippen LogP contribution < -0.4 is 0 Å². The van der Waals surface area contributed by atoms with Gasteiger partial charge in [0.15, 0.2) is 5.60 Å². The quantitative estimate of drug-likeness (QED) is 0.801. The predicted octanol–water partition coefficient (Wildman–Crippen LogP) is 2.98. The smallest absolute Gasteiger partial charge is 0.335 e. The van der Waals surface area contributed by atoms with E-state index in [9.17, 15) is 9.90 Å². The third-order valence-electron chi connectivity index (χ3n) is 4.32. The lowest BCUT2D eigenvalue weighted by Crippen LogP contribution is -2.48. The lowest BCUT2D eigenvalue weighted by molar-refractivity contribution is -0.188. The molecule has 92 valence electrons. The van der Waals surface area contributed by atoms with Gasteiger partial charge in [-0.1, -0.05) is 13.3 Å². The molecule has 3 heteroatoms. The van der Waals surface area contributed by atoms with E-state index in [0.717, 1.165) is 25.7 Å². The average molecular weight is 226 g/mol. The molecule has 0 spiro atoms. The van der Waals surface area contributed by atoms with Crippen LogP contribution in [0.3, 0.4) is 0 Å². The summed E-state index contributed by atoms with van der Waals surface area (Å²) in [5.41, 5.74) is -0.850. The van der Waals surface area contributed by atoms with E-state index in [2.05, 4.69) is 6.92 Å². The van der Waals surface area contributed by atoms with Gasteiger partial charge in [0, 0.05) is 0 Å². The van der Waals surface area contributed by atoms with Gasteiger partial charge in [-0.25, -0.2) is 4.79 Å². The Balaban J connectivity index is 1.96. The second kappa shape index (κ2) is 4.74. The highest BCUT2D eigenvalue weighted by molar-refractivity contribution is 5.77. The van der Waals surface area contributed by atoms with Crippen molar-refractivity contribution in [1.82, 2.24) is 0 Å². The van der Waals surface area contributed by atoms with Gasteiger partial charge in [0.05, 0.1) is 6.10 Å². The maximum absolute atomic E-state index is 11.4. The molecule has 0 bridgehead atoms. The number of ether oxygens (including phenoxy) is 1. The molecule has 0 aromatic carbocycles. The Morgan fingerprint density at radius 3 is 2.31 bits per heavy atom. The topological polar surface area (TPSA) is 46.5 Å². The van der Waals surface area contributed by atoms with Gasteiger partial charge in [-0.05, 0) is 50.9 Å². The molecule has 0 atom stereocenters. The fourth-order valence-electron chi connectivity index (χ4n) is 2.74.